The van der Waals surface area contributed by atoms with Crippen LogP contribution in [-0.4, -0.2) is 30.2 Å². The Bertz CT molecular complexity index is 1020. The second-order valence-corrected chi connectivity index (χ2v) is 7.27. The largest absolute Gasteiger partial charge is 0.313 e. The molecule has 0 amide bonds. The lowest BCUT2D eigenvalue weighted by Crippen LogP contribution is -2.13. The molecule has 3 rings (SSSR count). The first-order valence-corrected chi connectivity index (χ1v) is 9.39. The van der Waals surface area contributed by atoms with Crippen LogP contribution >= 0.6 is 0 Å². The van der Waals surface area contributed by atoms with Crippen molar-refractivity contribution in [1.29, 1.82) is 0 Å². The molecule has 2 aromatic carbocycles. The van der Waals surface area contributed by atoms with E-state index in [4.69, 9.17) is 5.14 Å². The third kappa shape index (κ3) is 3.96. The molecule has 0 aliphatic rings. The molecule has 0 aliphatic carbocycles. The average Bonchev–Trinajstić information content (AvgIpc) is 2.97. The molecular formula is C17H18FN5O2S. The Hall–Kier alpha value is -2.62. The standard InChI is InChI=1S/C17H18FN5O2S/c1-20-11-16-21-17(9-12-5-3-2-4-6-12)23(22-16)15-8-7-13(10-14(15)18)26(19,24)25/h2-8,10,20H,9,11H2,1H3,(H2,19,24,25). The fourth-order valence-electron chi connectivity index (χ4n) is 2.55. The Morgan fingerprint density at radius 1 is 1.19 bits per heavy atom. The van der Waals surface area contributed by atoms with Gasteiger partial charge < -0.3 is 5.32 Å². The molecule has 0 unspecified atom stereocenters. The molecule has 0 fully saturated rings. The van der Waals surface area contributed by atoms with E-state index in [2.05, 4.69) is 15.4 Å². The van der Waals surface area contributed by atoms with E-state index in [-0.39, 0.29) is 10.6 Å². The molecular weight excluding hydrogens is 357 g/mol. The SMILES string of the molecule is CNCc1nc(Cc2ccccc2)n(-c2ccc(S(N)(=O)=O)cc2F)n1. The van der Waals surface area contributed by atoms with E-state index in [0.29, 0.717) is 24.6 Å². The van der Waals surface area contributed by atoms with Crippen molar-refractivity contribution in [2.24, 2.45) is 5.14 Å². The minimum atomic E-state index is -3.98. The van der Waals surface area contributed by atoms with Gasteiger partial charge in [-0.25, -0.2) is 27.6 Å². The molecule has 0 spiro atoms. The first-order valence-electron chi connectivity index (χ1n) is 7.84. The van der Waals surface area contributed by atoms with Crippen molar-refractivity contribution in [3.8, 4) is 5.69 Å². The highest BCUT2D eigenvalue weighted by atomic mass is 32.2. The zero-order chi connectivity index (χ0) is 18.7. The number of hydrogen-bond acceptors (Lipinski definition) is 5. The van der Waals surface area contributed by atoms with Crippen LogP contribution in [0, 0.1) is 5.82 Å². The summed E-state index contributed by atoms with van der Waals surface area (Å²) in [7, 11) is -2.22. The maximum absolute atomic E-state index is 14.6. The molecule has 0 radical (unpaired) electrons. The van der Waals surface area contributed by atoms with Crippen LogP contribution in [0.5, 0.6) is 0 Å². The predicted molar refractivity (Wildman–Crippen MR) is 94.7 cm³/mol. The second kappa shape index (κ2) is 7.32. The first kappa shape index (κ1) is 18.2. The summed E-state index contributed by atoms with van der Waals surface area (Å²) >= 11 is 0. The number of primary sulfonamides is 1. The minimum absolute atomic E-state index is 0.109. The number of nitrogens with one attached hydrogen (secondary N) is 1. The molecule has 9 heteroatoms. The molecule has 0 atom stereocenters. The Morgan fingerprint density at radius 2 is 1.92 bits per heavy atom. The molecule has 0 saturated carbocycles. The van der Waals surface area contributed by atoms with Crippen molar-refractivity contribution < 1.29 is 12.8 Å². The molecule has 136 valence electrons. The molecule has 3 aromatic rings. The number of sulfonamides is 1. The van der Waals surface area contributed by atoms with Gasteiger partial charge in [0, 0.05) is 6.42 Å². The number of nitrogens with two attached hydrogens (primary N) is 1. The number of nitrogens with zero attached hydrogens (tertiary/aromatic N) is 3. The third-order valence-electron chi connectivity index (χ3n) is 3.73. The first-order chi connectivity index (χ1) is 12.4. The van der Waals surface area contributed by atoms with Crippen LogP contribution in [0.2, 0.25) is 0 Å². The number of halogens is 1. The number of rotatable bonds is 6. The third-order valence-corrected chi connectivity index (χ3v) is 4.64. The quantitative estimate of drug-likeness (QED) is 0.677. The number of aromatic nitrogens is 3. The van der Waals surface area contributed by atoms with Crippen molar-refractivity contribution in [1.82, 2.24) is 20.1 Å². The highest BCUT2D eigenvalue weighted by molar-refractivity contribution is 7.89. The second-order valence-electron chi connectivity index (χ2n) is 5.71. The predicted octanol–water partition coefficient (Wildman–Crippen LogP) is 1.36. The van der Waals surface area contributed by atoms with Gasteiger partial charge in [-0.15, -0.1) is 5.10 Å². The molecule has 1 aromatic heterocycles. The molecule has 7 nitrogen and oxygen atoms in total. The fourth-order valence-corrected chi connectivity index (χ4v) is 3.07. The minimum Gasteiger partial charge on any atom is -0.313 e. The van der Waals surface area contributed by atoms with E-state index in [1.54, 1.807) is 7.05 Å². The van der Waals surface area contributed by atoms with E-state index < -0.39 is 15.8 Å². The molecule has 0 saturated heterocycles. The maximum atomic E-state index is 14.6. The highest BCUT2D eigenvalue weighted by Gasteiger charge is 2.17. The summed E-state index contributed by atoms with van der Waals surface area (Å²) in [5, 5.41) is 12.3. The van der Waals surface area contributed by atoms with E-state index in [9.17, 15) is 12.8 Å². The van der Waals surface area contributed by atoms with Crippen molar-refractivity contribution >= 4 is 10.0 Å². The van der Waals surface area contributed by atoms with E-state index in [1.165, 1.54) is 16.8 Å². The van der Waals surface area contributed by atoms with Crippen LogP contribution in [-0.2, 0) is 23.0 Å². The zero-order valence-corrected chi connectivity index (χ0v) is 14.9. The summed E-state index contributed by atoms with van der Waals surface area (Å²) in [5.74, 6) is 0.309. The van der Waals surface area contributed by atoms with Crippen LogP contribution in [0.4, 0.5) is 4.39 Å². The monoisotopic (exact) mass is 375 g/mol. The summed E-state index contributed by atoms with van der Waals surface area (Å²) in [5.41, 5.74) is 1.11. The summed E-state index contributed by atoms with van der Waals surface area (Å²) < 4.78 is 38.7. The lowest BCUT2D eigenvalue weighted by molar-refractivity contribution is 0.586. The Balaban J connectivity index is 2.06. The summed E-state index contributed by atoms with van der Waals surface area (Å²) in [6.07, 6.45) is 0.452. The van der Waals surface area contributed by atoms with E-state index in [1.807, 2.05) is 30.3 Å². The summed E-state index contributed by atoms with van der Waals surface area (Å²) in [6.45, 7) is 0.422. The van der Waals surface area contributed by atoms with Crippen LogP contribution in [0.1, 0.15) is 17.2 Å². The highest BCUT2D eigenvalue weighted by Crippen LogP contribution is 2.20. The normalized spacial score (nSPS) is 11.7. The van der Waals surface area contributed by atoms with Crippen LogP contribution in [0.3, 0.4) is 0 Å². The topological polar surface area (TPSA) is 103 Å². The van der Waals surface area contributed by atoms with Crippen LogP contribution < -0.4 is 10.5 Å². The van der Waals surface area contributed by atoms with Gasteiger partial charge in [-0.1, -0.05) is 30.3 Å². The number of benzene rings is 2. The molecule has 0 aliphatic heterocycles. The Morgan fingerprint density at radius 3 is 2.54 bits per heavy atom. The van der Waals surface area contributed by atoms with Gasteiger partial charge in [0.2, 0.25) is 10.0 Å². The maximum Gasteiger partial charge on any atom is 0.238 e. The van der Waals surface area contributed by atoms with Gasteiger partial charge >= 0.3 is 0 Å². The molecule has 1 heterocycles. The van der Waals surface area contributed by atoms with Gasteiger partial charge in [-0.05, 0) is 30.8 Å². The van der Waals surface area contributed by atoms with Crippen LogP contribution in [0.15, 0.2) is 53.4 Å². The lowest BCUT2D eigenvalue weighted by atomic mass is 10.1. The van der Waals surface area contributed by atoms with Gasteiger partial charge in [-0.2, -0.15) is 0 Å². The zero-order valence-electron chi connectivity index (χ0n) is 14.1. The van der Waals surface area contributed by atoms with Crippen molar-refractivity contribution in [3.05, 3.63) is 71.6 Å². The van der Waals surface area contributed by atoms with Gasteiger partial charge in [0.25, 0.3) is 0 Å². The van der Waals surface area contributed by atoms with Gasteiger partial charge in [0.15, 0.2) is 5.82 Å². The lowest BCUT2D eigenvalue weighted by Gasteiger charge is -2.08. The van der Waals surface area contributed by atoms with Crippen molar-refractivity contribution in [2.75, 3.05) is 7.05 Å². The van der Waals surface area contributed by atoms with Gasteiger partial charge in [-0.3, -0.25) is 0 Å². The smallest absolute Gasteiger partial charge is 0.238 e. The van der Waals surface area contributed by atoms with Gasteiger partial charge in [0.05, 0.1) is 11.4 Å². The van der Waals surface area contributed by atoms with Crippen molar-refractivity contribution in [3.63, 3.8) is 0 Å². The summed E-state index contributed by atoms with van der Waals surface area (Å²) in [6, 6.07) is 13.1. The van der Waals surface area contributed by atoms with E-state index >= 15 is 0 Å². The molecule has 26 heavy (non-hydrogen) atoms. The van der Waals surface area contributed by atoms with Crippen molar-refractivity contribution in [2.45, 2.75) is 17.9 Å². The average molecular weight is 375 g/mol. The Kier molecular flexibility index (Phi) is 5.12. The fraction of sp³-hybridized carbons (Fsp3) is 0.176. The number of hydrogen-bond donors (Lipinski definition) is 2. The van der Waals surface area contributed by atoms with E-state index in [0.717, 1.165) is 11.6 Å². The summed E-state index contributed by atoms with van der Waals surface area (Å²) in [4.78, 5) is 4.17. The molecule has 0 bridgehead atoms. The Labute approximate surface area is 150 Å². The molecule has 3 N–H and O–H groups in total. The van der Waals surface area contributed by atoms with Crippen LogP contribution in [0.25, 0.3) is 5.69 Å². The van der Waals surface area contributed by atoms with Gasteiger partial charge in [0.1, 0.15) is 17.3 Å².